The summed E-state index contributed by atoms with van der Waals surface area (Å²) in [5.41, 5.74) is 0.353. The molecule has 6 heteroatoms. The Balaban J connectivity index is 2.05. The molecule has 2 saturated heterocycles. The van der Waals surface area contributed by atoms with E-state index >= 15 is 0 Å². The van der Waals surface area contributed by atoms with Crippen LogP contribution in [0.2, 0.25) is 0 Å². The lowest BCUT2D eigenvalue weighted by molar-refractivity contribution is -0.428. The minimum Gasteiger partial charge on any atom is -0.374 e. The fraction of sp³-hybridized carbons (Fsp3) is 0.800. The van der Waals surface area contributed by atoms with Crippen LogP contribution in [0.4, 0.5) is 0 Å². The van der Waals surface area contributed by atoms with Crippen molar-refractivity contribution in [2.24, 2.45) is 0 Å². The number of hydrogen-bond acceptors (Lipinski definition) is 5. The molecule has 0 bridgehead atoms. The van der Waals surface area contributed by atoms with Crippen molar-refractivity contribution in [1.29, 1.82) is 0 Å². The maximum Gasteiger partial charge on any atom is 0.289 e. The lowest BCUT2D eigenvalue weighted by Crippen LogP contribution is -2.29. The molecule has 0 atom stereocenters. The predicted molar refractivity (Wildman–Crippen MR) is 64.8 cm³/mol. The van der Waals surface area contributed by atoms with Gasteiger partial charge in [-0.05, 0) is 32.4 Å². The van der Waals surface area contributed by atoms with Gasteiger partial charge in [0.2, 0.25) is 0 Å². The van der Waals surface area contributed by atoms with Crippen molar-refractivity contribution in [3.05, 3.63) is 20.8 Å². The van der Waals surface area contributed by atoms with Gasteiger partial charge in [-0.1, -0.05) is 0 Å². The highest BCUT2D eigenvalue weighted by atomic mass is 32.2. The van der Waals surface area contributed by atoms with E-state index in [2.05, 4.69) is 10.2 Å². The van der Waals surface area contributed by atoms with Crippen LogP contribution in [0.3, 0.4) is 0 Å². The number of nitro groups is 1. The second-order valence-corrected chi connectivity index (χ2v) is 5.25. The minimum atomic E-state index is -0.223. The molecule has 0 aromatic heterocycles. The Morgan fingerprint density at radius 2 is 2.19 bits per heavy atom. The van der Waals surface area contributed by atoms with Gasteiger partial charge in [0.25, 0.3) is 5.70 Å². The lowest BCUT2D eigenvalue weighted by Gasteiger charge is -2.18. The SMILES string of the molecule is O=[N+]([O-])C(CN1CCCC1)=C1NCCCS1. The van der Waals surface area contributed by atoms with Crippen LogP contribution in [0.1, 0.15) is 19.3 Å². The Hall–Kier alpha value is -0.750. The first-order chi connectivity index (χ1) is 7.77. The van der Waals surface area contributed by atoms with Crippen LogP contribution in [0, 0.1) is 10.1 Å². The fourth-order valence-corrected chi connectivity index (χ4v) is 3.05. The van der Waals surface area contributed by atoms with Crippen LogP contribution in [-0.4, -0.2) is 41.8 Å². The highest BCUT2D eigenvalue weighted by Crippen LogP contribution is 2.23. The third-order valence-corrected chi connectivity index (χ3v) is 4.07. The summed E-state index contributed by atoms with van der Waals surface area (Å²) in [6.45, 7) is 3.34. The summed E-state index contributed by atoms with van der Waals surface area (Å²) in [4.78, 5) is 13.0. The molecule has 2 aliphatic heterocycles. The van der Waals surface area contributed by atoms with Crippen molar-refractivity contribution in [2.45, 2.75) is 19.3 Å². The number of thioether (sulfide) groups is 1. The van der Waals surface area contributed by atoms with Crippen molar-refractivity contribution in [1.82, 2.24) is 10.2 Å². The zero-order chi connectivity index (χ0) is 11.4. The van der Waals surface area contributed by atoms with Gasteiger partial charge in [-0.3, -0.25) is 15.0 Å². The molecular weight excluding hydrogens is 226 g/mol. The molecule has 2 heterocycles. The van der Waals surface area contributed by atoms with Crippen LogP contribution in [0.15, 0.2) is 10.7 Å². The van der Waals surface area contributed by atoms with Crippen LogP contribution < -0.4 is 5.32 Å². The van der Waals surface area contributed by atoms with Crippen LogP contribution >= 0.6 is 11.8 Å². The van der Waals surface area contributed by atoms with Gasteiger partial charge in [0.1, 0.15) is 5.03 Å². The van der Waals surface area contributed by atoms with E-state index < -0.39 is 0 Å². The molecule has 0 aromatic rings. The van der Waals surface area contributed by atoms with Crippen molar-refractivity contribution in [3.8, 4) is 0 Å². The molecular formula is C10H17N3O2S. The largest absolute Gasteiger partial charge is 0.374 e. The van der Waals surface area contributed by atoms with E-state index in [9.17, 15) is 10.1 Å². The monoisotopic (exact) mass is 243 g/mol. The predicted octanol–water partition coefficient (Wildman–Crippen LogP) is 1.25. The van der Waals surface area contributed by atoms with Crippen molar-refractivity contribution in [3.63, 3.8) is 0 Å². The zero-order valence-electron chi connectivity index (χ0n) is 9.28. The van der Waals surface area contributed by atoms with Crippen LogP contribution in [0.25, 0.3) is 0 Å². The summed E-state index contributed by atoms with van der Waals surface area (Å²) in [5.74, 6) is 0.986. The molecule has 0 radical (unpaired) electrons. The number of hydrogen-bond donors (Lipinski definition) is 1. The Labute approximate surface area is 99.4 Å². The van der Waals surface area contributed by atoms with Crippen LogP contribution in [0.5, 0.6) is 0 Å². The number of rotatable bonds is 3. The summed E-state index contributed by atoms with van der Waals surface area (Å²) in [6.07, 6.45) is 3.42. The van der Waals surface area contributed by atoms with Gasteiger partial charge in [0.05, 0.1) is 11.5 Å². The molecule has 90 valence electrons. The fourth-order valence-electron chi connectivity index (χ4n) is 2.05. The van der Waals surface area contributed by atoms with Gasteiger partial charge in [-0.2, -0.15) is 0 Å². The van der Waals surface area contributed by atoms with E-state index in [-0.39, 0.29) is 4.92 Å². The van der Waals surface area contributed by atoms with E-state index in [1.165, 1.54) is 12.8 Å². The molecule has 0 spiro atoms. The molecule has 0 unspecified atom stereocenters. The molecule has 0 aromatic carbocycles. The number of nitrogens with one attached hydrogen (secondary N) is 1. The third-order valence-electron chi connectivity index (χ3n) is 2.91. The molecule has 2 fully saturated rings. The Kier molecular flexibility index (Phi) is 4.06. The average molecular weight is 243 g/mol. The maximum atomic E-state index is 11.1. The second kappa shape index (κ2) is 5.54. The van der Waals surface area contributed by atoms with Crippen LogP contribution in [-0.2, 0) is 0 Å². The van der Waals surface area contributed by atoms with E-state index in [4.69, 9.17) is 0 Å². The highest BCUT2D eigenvalue weighted by molar-refractivity contribution is 8.03. The minimum absolute atomic E-state index is 0.223. The maximum absolute atomic E-state index is 11.1. The van der Waals surface area contributed by atoms with E-state index in [0.29, 0.717) is 12.2 Å². The molecule has 2 aliphatic rings. The van der Waals surface area contributed by atoms with Gasteiger partial charge in [0.15, 0.2) is 0 Å². The highest BCUT2D eigenvalue weighted by Gasteiger charge is 2.25. The number of nitrogens with zero attached hydrogens (tertiary/aromatic N) is 2. The molecule has 2 rings (SSSR count). The zero-order valence-corrected chi connectivity index (χ0v) is 10.1. The molecule has 1 N–H and O–H groups in total. The van der Waals surface area contributed by atoms with Gasteiger partial charge < -0.3 is 5.32 Å². The second-order valence-electron chi connectivity index (χ2n) is 4.14. The lowest BCUT2D eigenvalue weighted by atomic mass is 10.4. The summed E-state index contributed by atoms with van der Waals surface area (Å²) in [7, 11) is 0. The Morgan fingerprint density at radius 1 is 1.44 bits per heavy atom. The van der Waals surface area contributed by atoms with E-state index in [1.54, 1.807) is 11.8 Å². The average Bonchev–Trinajstić information content (AvgIpc) is 2.79. The van der Waals surface area contributed by atoms with Gasteiger partial charge >= 0.3 is 0 Å². The third kappa shape index (κ3) is 2.89. The summed E-state index contributed by atoms with van der Waals surface area (Å²) >= 11 is 1.58. The quantitative estimate of drug-likeness (QED) is 0.597. The van der Waals surface area contributed by atoms with E-state index in [1.807, 2.05) is 0 Å². The summed E-state index contributed by atoms with van der Waals surface area (Å²) in [6, 6.07) is 0. The number of likely N-dealkylation sites (tertiary alicyclic amines) is 1. The van der Waals surface area contributed by atoms with Gasteiger partial charge in [-0.25, -0.2) is 0 Å². The van der Waals surface area contributed by atoms with Gasteiger partial charge in [-0.15, -0.1) is 11.8 Å². The van der Waals surface area contributed by atoms with E-state index in [0.717, 1.165) is 36.8 Å². The first kappa shape index (κ1) is 11.7. The van der Waals surface area contributed by atoms with Crippen molar-refractivity contribution in [2.75, 3.05) is 31.9 Å². The molecule has 5 nitrogen and oxygen atoms in total. The summed E-state index contributed by atoms with van der Waals surface area (Å²) < 4.78 is 0. The normalized spacial score (nSPS) is 25.2. The molecule has 16 heavy (non-hydrogen) atoms. The molecule has 0 aliphatic carbocycles. The Bertz CT molecular complexity index is 292. The first-order valence-electron chi connectivity index (χ1n) is 5.74. The Morgan fingerprint density at radius 3 is 2.75 bits per heavy atom. The summed E-state index contributed by atoms with van der Waals surface area (Å²) in [5, 5.41) is 15.0. The van der Waals surface area contributed by atoms with Gasteiger partial charge in [0, 0.05) is 12.3 Å². The van der Waals surface area contributed by atoms with Crippen molar-refractivity contribution >= 4 is 11.8 Å². The topological polar surface area (TPSA) is 58.4 Å². The molecule has 0 amide bonds. The standard InChI is InChI=1S/C10H17N3O2S/c14-13(15)9(8-12-5-1-2-6-12)10-11-4-3-7-16-10/h11H,1-8H2. The smallest absolute Gasteiger partial charge is 0.289 e. The van der Waals surface area contributed by atoms with Crippen molar-refractivity contribution < 1.29 is 4.92 Å². The first-order valence-corrected chi connectivity index (χ1v) is 6.72. The molecule has 0 saturated carbocycles.